The standard InChI is InChI=1S/C15H22N2O2/c16-9-5-10-17(12-13-6-2-1-3-7-13)15(18)14-8-4-11-19-14/h1-3,6-7,14H,4-5,8-12,16H2/t14-/m0/s1. The van der Waals surface area contributed by atoms with E-state index in [4.69, 9.17) is 10.5 Å². The van der Waals surface area contributed by atoms with Crippen molar-refractivity contribution in [1.82, 2.24) is 4.90 Å². The van der Waals surface area contributed by atoms with Gasteiger partial charge in [-0.2, -0.15) is 0 Å². The lowest BCUT2D eigenvalue weighted by Gasteiger charge is -2.25. The highest BCUT2D eigenvalue weighted by Crippen LogP contribution is 2.16. The number of benzene rings is 1. The van der Waals surface area contributed by atoms with Crippen LogP contribution in [-0.4, -0.2) is 36.6 Å². The molecule has 0 spiro atoms. The lowest BCUT2D eigenvalue weighted by atomic mass is 10.1. The quantitative estimate of drug-likeness (QED) is 0.846. The van der Waals surface area contributed by atoms with E-state index in [0.717, 1.165) is 24.8 Å². The Morgan fingerprint density at radius 2 is 2.16 bits per heavy atom. The lowest BCUT2D eigenvalue weighted by Crippen LogP contribution is -2.39. The van der Waals surface area contributed by atoms with E-state index in [2.05, 4.69) is 0 Å². The minimum atomic E-state index is -0.249. The number of nitrogens with zero attached hydrogens (tertiary/aromatic N) is 1. The molecule has 0 bridgehead atoms. The molecule has 0 aromatic heterocycles. The summed E-state index contributed by atoms with van der Waals surface area (Å²) in [5.41, 5.74) is 6.70. The molecule has 1 aliphatic heterocycles. The van der Waals surface area contributed by atoms with Gasteiger partial charge in [-0.15, -0.1) is 0 Å². The number of nitrogens with two attached hydrogens (primary N) is 1. The molecule has 1 aromatic rings. The van der Waals surface area contributed by atoms with E-state index >= 15 is 0 Å². The Kier molecular flexibility index (Phi) is 5.36. The average Bonchev–Trinajstić information content (AvgIpc) is 2.98. The molecule has 1 atom stereocenters. The van der Waals surface area contributed by atoms with E-state index in [1.807, 2.05) is 35.2 Å². The monoisotopic (exact) mass is 262 g/mol. The van der Waals surface area contributed by atoms with Gasteiger partial charge >= 0.3 is 0 Å². The van der Waals surface area contributed by atoms with Gasteiger partial charge in [-0.3, -0.25) is 4.79 Å². The van der Waals surface area contributed by atoms with Crippen LogP contribution in [0.2, 0.25) is 0 Å². The van der Waals surface area contributed by atoms with E-state index in [1.54, 1.807) is 0 Å². The van der Waals surface area contributed by atoms with Crippen LogP contribution in [0.4, 0.5) is 0 Å². The van der Waals surface area contributed by atoms with Crippen LogP contribution in [-0.2, 0) is 16.1 Å². The van der Waals surface area contributed by atoms with Crippen molar-refractivity contribution in [3.05, 3.63) is 35.9 Å². The second-order valence-electron chi connectivity index (χ2n) is 4.89. The Labute approximate surface area is 114 Å². The lowest BCUT2D eigenvalue weighted by molar-refractivity contribution is -0.141. The summed E-state index contributed by atoms with van der Waals surface area (Å²) in [6, 6.07) is 10.0. The maximum absolute atomic E-state index is 12.4. The molecule has 1 heterocycles. The van der Waals surface area contributed by atoms with Gasteiger partial charge in [0.05, 0.1) is 0 Å². The zero-order valence-corrected chi connectivity index (χ0v) is 11.3. The third-order valence-corrected chi connectivity index (χ3v) is 3.37. The first-order valence-corrected chi connectivity index (χ1v) is 6.95. The Morgan fingerprint density at radius 3 is 2.79 bits per heavy atom. The zero-order valence-electron chi connectivity index (χ0n) is 11.3. The fraction of sp³-hybridized carbons (Fsp3) is 0.533. The highest BCUT2D eigenvalue weighted by molar-refractivity contribution is 5.81. The number of carbonyl (C=O) groups is 1. The maximum Gasteiger partial charge on any atom is 0.251 e. The molecule has 4 heteroatoms. The van der Waals surface area contributed by atoms with Crippen LogP contribution in [0.3, 0.4) is 0 Å². The average molecular weight is 262 g/mol. The van der Waals surface area contributed by atoms with Gasteiger partial charge in [-0.25, -0.2) is 0 Å². The maximum atomic E-state index is 12.4. The summed E-state index contributed by atoms with van der Waals surface area (Å²) >= 11 is 0. The second-order valence-corrected chi connectivity index (χ2v) is 4.89. The Balaban J connectivity index is 2.00. The highest BCUT2D eigenvalue weighted by Gasteiger charge is 2.27. The Bertz CT molecular complexity index is 388. The van der Waals surface area contributed by atoms with Gasteiger partial charge in [0.2, 0.25) is 0 Å². The minimum Gasteiger partial charge on any atom is -0.368 e. The van der Waals surface area contributed by atoms with Gasteiger partial charge in [-0.05, 0) is 31.4 Å². The summed E-state index contributed by atoms with van der Waals surface area (Å²) in [6.07, 6.45) is 2.39. The molecule has 19 heavy (non-hydrogen) atoms. The van der Waals surface area contributed by atoms with Crippen molar-refractivity contribution in [2.24, 2.45) is 5.73 Å². The van der Waals surface area contributed by atoms with E-state index < -0.39 is 0 Å². The Hall–Kier alpha value is -1.39. The number of hydrogen-bond acceptors (Lipinski definition) is 3. The molecule has 0 aliphatic carbocycles. The molecule has 1 fully saturated rings. The van der Waals surface area contributed by atoms with Crippen molar-refractivity contribution in [1.29, 1.82) is 0 Å². The van der Waals surface area contributed by atoms with Crippen molar-refractivity contribution in [2.45, 2.75) is 31.9 Å². The van der Waals surface area contributed by atoms with Crippen molar-refractivity contribution in [3.8, 4) is 0 Å². The van der Waals surface area contributed by atoms with Crippen molar-refractivity contribution >= 4 is 5.91 Å². The van der Waals surface area contributed by atoms with Gasteiger partial charge in [0.25, 0.3) is 5.91 Å². The zero-order chi connectivity index (χ0) is 13.5. The van der Waals surface area contributed by atoms with Gasteiger partial charge < -0.3 is 15.4 Å². The molecule has 2 N–H and O–H groups in total. The fourth-order valence-electron chi connectivity index (χ4n) is 2.33. The Morgan fingerprint density at radius 1 is 1.37 bits per heavy atom. The largest absolute Gasteiger partial charge is 0.368 e. The first kappa shape index (κ1) is 14.0. The van der Waals surface area contributed by atoms with Crippen LogP contribution in [0.25, 0.3) is 0 Å². The summed E-state index contributed by atoms with van der Waals surface area (Å²) in [4.78, 5) is 14.3. The first-order chi connectivity index (χ1) is 9.31. The van der Waals surface area contributed by atoms with Crippen molar-refractivity contribution < 1.29 is 9.53 Å². The molecule has 2 rings (SSSR count). The second kappa shape index (κ2) is 7.26. The first-order valence-electron chi connectivity index (χ1n) is 6.95. The van der Waals surface area contributed by atoms with Gasteiger partial charge in [0.15, 0.2) is 0 Å². The normalized spacial score (nSPS) is 18.5. The molecule has 0 saturated carbocycles. The van der Waals surface area contributed by atoms with Crippen molar-refractivity contribution in [2.75, 3.05) is 19.7 Å². The topological polar surface area (TPSA) is 55.6 Å². The molecular formula is C15H22N2O2. The molecule has 104 valence electrons. The fourth-order valence-corrected chi connectivity index (χ4v) is 2.33. The van der Waals surface area contributed by atoms with Gasteiger partial charge in [0.1, 0.15) is 6.10 Å². The third-order valence-electron chi connectivity index (χ3n) is 3.37. The molecule has 4 nitrogen and oxygen atoms in total. The highest BCUT2D eigenvalue weighted by atomic mass is 16.5. The third kappa shape index (κ3) is 4.04. The number of ether oxygens (including phenoxy) is 1. The number of amides is 1. The molecule has 0 unspecified atom stereocenters. The predicted molar refractivity (Wildman–Crippen MR) is 74.5 cm³/mol. The van der Waals surface area contributed by atoms with Crippen LogP contribution < -0.4 is 5.73 Å². The number of carbonyl (C=O) groups excluding carboxylic acids is 1. The van der Waals surface area contributed by atoms with Crippen LogP contribution >= 0.6 is 0 Å². The van der Waals surface area contributed by atoms with E-state index in [1.165, 1.54) is 0 Å². The van der Waals surface area contributed by atoms with E-state index in [9.17, 15) is 4.79 Å². The molecule has 1 amide bonds. The molecule has 1 saturated heterocycles. The number of rotatable bonds is 6. The van der Waals surface area contributed by atoms with Crippen LogP contribution in [0.1, 0.15) is 24.8 Å². The van der Waals surface area contributed by atoms with Gasteiger partial charge in [0, 0.05) is 19.7 Å². The SMILES string of the molecule is NCCCN(Cc1ccccc1)C(=O)[C@@H]1CCCO1. The molecule has 0 radical (unpaired) electrons. The van der Waals surface area contributed by atoms with Crippen LogP contribution in [0.5, 0.6) is 0 Å². The predicted octanol–water partition coefficient (Wildman–Crippen LogP) is 1.54. The summed E-state index contributed by atoms with van der Waals surface area (Å²) in [6.45, 7) is 2.64. The van der Waals surface area contributed by atoms with Crippen molar-refractivity contribution in [3.63, 3.8) is 0 Å². The minimum absolute atomic E-state index is 0.106. The summed E-state index contributed by atoms with van der Waals surface area (Å²) in [5.74, 6) is 0.106. The summed E-state index contributed by atoms with van der Waals surface area (Å²) in [5, 5.41) is 0. The molecule has 1 aliphatic rings. The van der Waals surface area contributed by atoms with E-state index in [0.29, 0.717) is 26.2 Å². The number of hydrogen-bond donors (Lipinski definition) is 1. The van der Waals surface area contributed by atoms with E-state index in [-0.39, 0.29) is 12.0 Å². The van der Waals surface area contributed by atoms with Crippen LogP contribution in [0, 0.1) is 0 Å². The molecule has 1 aromatic carbocycles. The summed E-state index contributed by atoms with van der Waals surface area (Å²) < 4.78 is 5.49. The van der Waals surface area contributed by atoms with Gasteiger partial charge in [-0.1, -0.05) is 30.3 Å². The molecular weight excluding hydrogens is 240 g/mol. The van der Waals surface area contributed by atoms with Crippen LogP contribution in [0.15, 0.2) is 30.3 Å². The summed E-state index contributed by atoms with van der Waals surface area (Å²) in [7, 11) is 0. The smallest absolute Gasteiger partial charge is 0.251 e.